The Morgan fingerprint density at radius 1 is 1.07 bits per heavy atom. The highest BCUT2D eigenvalue weighted by Gasteiger charge is 2.22. The van der Waals surface area contributed by atoms with Crippen LogP contribution in [0.3, 0.4) is 0 Å². The molecule has 6 nitrogen and oxygen atoms in total. The summed E-state index contributed by atoms with van der Waals surface area (Å²) < 4.78 is 6.68. The Hall–Kier alpha value is -3.12. The molecule has 2 aromatic carbocycles. The molecular weight excluding hydrogens is 378 g/mol. The van der Waals surface area contributed by atoms with Gasteiger partial charge in [0.2, 0.25) is 0 Å². The molecule has 0 unspecified atom stereocenters. The van der Waals surface area contributed by atoms with Crippen molar-refractivity contribution in [3.8, 4) is 0 Å². The van der Waals surface area contributed by atoms with E-state index in [1.807, 2.05) is 55.5 Å². The van der Waals surface area contributed by atoms with Crippen molar-refractivity contribution in [3.63, 3.8) is 0 Å². The highest BCUT2D eigenvalue weighted by Crippen LogP contribution is 2.22. The first-order valence-electron chi connectivity index (χ1n) is 8.75. The minimum Gasteiger partial charge on any atom is -0.452 e. The van der Waals surface area contributed by atoms with Gasteiger partial charge < -0.3 is 10.1 Å². The molecule has 7 heteroatoms. The molecule has 144 valence electrons. The number of nitrogens with one attached hydrogen (secondary N) is 1. The van der Waals surface area contributed by atoms with Gasteiger partial charge in [0.1, 0.15) is 10.7 Å². The average molecular weight is 398 g/mol. The smallest absolute Gasteiger partial charge is 0.343 e. The molecule has 0 saturated carbocycles. The predicted molar refractivity (Wildman–Crippen MR) is 108 cm³/mol. The van der Waals surface area contributed by atoms with E-state index in [2.05, 4.69) is 10.4 Å². The van der Waals surface area contributed by atoms with Crippen molar-refractivity contribution < 1.29 is 14.3 Å². The van der Waals surface area contributed by atoms with Crippen molar-refractivity contribution in [1.29, 1.82) is 0 Å². The number of aromatic nitrogens is 2. The molecule has 1 heterocycles. The number of nitrogens with zero attached hydrogens (tertiary/aromatic N) is 2. The van der Waals surface area contributed by atoms with Gasteiger partial charge in [-0.1, -0.05) is 60.1 Å². The van der Waals surface area contributed by atoms with Gasteiger partial charge in [0, 0.05) is 5.69 Å². The number of benzene rings is 2. The monoisotopic (exact) mass is 397 g/mol. The van der Waals surface area contributed by atoms with E-state index in [4.69, 9.17) is 16.3 Å². The van der Waals surface area contributed by atoms with E-state index in [1.165, 1.54) is 4.68 Å². The summed E-state index contributed by atoms with van der Waals surface area (Å²) in [4.78, 5) is 24.5. The van der Waals surface area contributed by atoms with Gasteiger partial charge >= 0.3 is 5.97 Å². The predicted octanol–water partition coefficient (Wildman–Crippen LogP) is 4.00. The van der Waals surface area contributed by atoms with Crippen molar-refractivity contribution in [2.24, 2.45) is 0 Å². The van der Waals surface area contributed by atoms with Crippen LogP contribution in [0.15, 0.2) is 54.6 Å². The number of para-hydroxylation sites is 1. The second kappa shape index (κ2) is 8.71. The summed E-state index contributed by atoms with van der Waals surface area (Å²) in [5.41, 5.74) is 3.22. The largest absolute Gasteiger partial charge is 0.452 e. The molecule has 0 aliphatic heterocycles. The molecule has 1 N–H and O–H groups in total. The van der Waals surface area contributed by atoms with Crippen LogP contribution in [0.1, 0.15) is 27.2 Å². The Balaban J connectivity index is 1.64. The molecule has 0 aliphatic carbocycles. The fourth-order valence-corrected chi connectivity index (χ4v) is 3.06. The molecule has 0 atom stereocenters. The van der Waals surface area contributed by atoms with Crippen molar-refractivity contribution in [2.75, 3.05) is 11.9 Å². The van der Waals surface area contributed by atoms with E-state index in [-0.39, 0.29) is 10.7 Å². The van der Waals surface area contributed by atoms with Crippen molar-refractivity contribution in [2.45, 2.75) is 20.4 Å². The lowest BCUT2D eigenvalue weighted by Gasteiger charge is -2.08. The lowest BCUT2D eigenvalue weighted by atomic mass is 10.2. The zero-order valence-electron chi connectivity index (χ0n) is 15.6. The second-order valence-corrected chi connectivity index (χ2v) is 6.69. The molecule has 0 saturated heterocycles. The molecule has 0 aliphatic rings. The van der Waals surface area contributed by atoms with Crippen LogP contribution in [0.25, 0.3) is 0 Å². The zero-order valence-corrected chi connectivity index (χ0v) is 16.4. The van der Waals surface area contributed by atoms with E-state index in [1.54, 1.807) is 13.0 Å². The topological polar surface area (TPSA) is 73.2 Å². The minimum absolute atomic E-state index is 0.168. The number of rotatable bonds is 6. The van der Waals surface area contributed by atoms with E-state index >= 15 is 0 Å². The van der Waals surface area contributed by atoms with Crippen molar-refractivity contribution in [1.82, 2.24) is 9.78 Å². The lowest BCUT2D eigenvalue weighted by Crippen LogP contribution is -2.21. The maximum absolute atomic E-state index is 12.4. The SMILES string of the molecule is Cc1ccccc1NC(=O)COC(=O)c1c(C)nn(Cc2ccccc2)c1Cl. The van der Waals surface area contributed by atoms with Gasteiger partial charge in [-0.2, -0.15) is 5.10 Å². The summed E-state index contributed by atoms with van der Waals surface area (Å²) >= 11 is 6.34. The summed E-state index contributed by atoms with van der Waals surface area (Å²) in [6.45, 7) is 3.58. The maximum Gasteiger partial charge on any atom is 0.343 e. The van der Waals surface area contributed by atoms with Gasteiger partial charge in [0.15, 0.2) is 6.61 Å². The summed E-state index contributed by atoms with van der Waals surface area (Å²) in [5.74, 6) is -1.10. The minimum atomic E-state index is -0.679. The molecule has 3 rings (SSSR count). The maximum atomic E-state index is 12.4. The first-order valence-corrected chi connectivity index (χ1v) is 9.13. The Bertz CT molecular complexity index is 999. The number of hydrogen-bond acceptors (Lipinski definition) is 4. The number of amides is 1. The molecule has 1 aromatic heterocycles. The Kier molecular flexibility index (Phi) is 6.11. The normalized spacial score (nSPS) is 10.5. The molecule has 0 bridgehead atoms. The van der Waals surface area contributed by atoms with E-state index in [9.17, 15) is 9.59 Å². The summed E-state index contributed by atoms with van der Waals surface area (Å²) in [5, 5.41) is 7.22. The quantitative estimate of drug-likeness (QED) is 0.638. The standard InChI is InChI=1S/C21H20ClN3O3/c1-14-8-6-7-11-17(14)23-18(26)13-28-21(27)19-15(2)24-25(20(19)22)12-16-9-4-3-5-10-16/h3-11H,12-13H2,1-2H3,(H,23,26). The van der Waals surface area contributed by atoms with Gasteiger partial charge in [-0.3, -0.25) is 4.79 Å². The van der Waals surface area contributed by atoms with Crippen LogP contribution in [-0.2, 0) is 16.1 Å². The number of anilines is 1. The van der Waals surface area contributed by atoms with E-state index < -0.39 is 18.5 Å². The third kappa shape index (κ3) is 4.58. The van der Waals surface area contributed by atoms with Crippen LogP contribution in [-0.4, -0.2) is 28.3 Å². The van der Waals surface area contributed by atoms with Gasteiger partial charge in [-0.15, -0.1) is 0 Å². The van der Waals surface area contributed by atoms with Crippen molar-refractivity contribution in [3.05, 3.63) is 82.1 Å². The first kappa shape index (κ1) is 19.6. The molecule has 0 radical (unpaired) electrons. The fraction of sp³-hybridized carbons (Fsp3) is 0.190. The number of halogens is 1. The average Bonchev–Trinajstić information content (AvgIpc) is 2.96. The third-order valence-corrected chi connectivity index (χ3v) is 4.58. The highest BCUT2D eigenvalue weighted by molar-refractivity contribution is 6.32. The molecule has 0 spiro atoms. The summed E-state index contributed by atoms with van der Waals surface area (Å²) in [6, 6.07) is 17.0. The summed E-state index contributed by atoms with van der Waals surface area (Å²) in [7, 11) is 0. The van der Waals surface area contributed by atoms with Crippen molar-refractivity contribution >= 4 is 29.2 Å². The molecular formula is C21H20ClN3O3. The number of ether oxygens (including phenoxy) is 1. The Labute approximate surface area is 168 Å². The first-order chi connectivity index (χ1) is 13.5. The number of carbonyl (C=O) groups excluding carboxylic acids is 2. The third-order valence-electron chi connectivity index (χ3n) is 4.20. The second-order valence-electron chi connectivity index (χ2n) is 6.33. The van der Waals surface area contributed by atoms with Crippen LogP contribution < -0.4 is 5.32 Å². The highest BCUT2D eigenvalue weighted by atomic mass is 35.5. The molecule has 0 fully saturated rings. The number of esters is 1. The van der Waals surface area contributed by atoms with Crippen LogP contribution in [0, 0.1) is 13.8 Å². The van der Waals surface area contributed by atoms with Gasteiger partial charge in [0.25, 0.3) is 5.91 Å². The van der Waals surface area contributed by atoms with Crippen LogP contribution in [0.4, 0.5) is 5.69 Å². The van der Waals surface area contributed by atoms with Crippen LogP contribution in [0.5, 0.6) is 0 Å². The van der Waals surface area contributed by atoms with E-state index in [0.29, 0.717) is 17.9 Å². The molecule has 3 aromatic rings. The molecule has 28 heavy (non-hydrogen) atoms. The van der Waals surface area contributed by atoms with Crippen LogP contribution >= 0.6 is 11.6 Å². The van der Waals surface area contributed by atoms with Gasteiger partial charge in [-0.25, -0.2) is 9.48 Å². The van der Waals surface area contributed by atoms with Crippen LogP contribution in [0.2, 0.25) is 5.15 Å². The van der Waals surface area contributed by atoms with Gasteiger partial charge in [-0.05, 0) is 31.0 Å². The molecule has 1 amide bonds. The Morgan fingerprint density at radius 2 is 1.75 bits per heavy atom. The zero-order chi connectivity index (χ0) is 20.1. The number of carbonyl (C=O) groups is 2. The summed E-state index contributed by atoms with van der Waals surface area (Å²) in [6.07, 6.45) is 0. The number of aryl methyl sites for hydroxylation is 2. The van der Waals surface area contributed by atoms with E-state index in [0.717, 1.165) is 11.1 Å². The lowest BCUT2D eigenvalue weighted by molar-refractivity contribution is -0.119. The number of hydrogen-bond donors (Lipinski definition) is 1. The van der Waals surface area contributed by atoms with Gasteiger partial charge in [0.05, 0.1) is 12.2 Å². The Morgan fingerprint density at radius 3 is 2.46 bits per heavy atom. The fourth-order valence-electron chi connectivity index (χ4n) is 2.75.